The molecule has 0 saturated heterocycles. The first kappa shape index (κ1) is 16.6. The van der Waals surface area contributed by atoms with E-state index < -0.39 is 0 Å². The molecule has 2 aromatic carbocycles. The fraction of sp³-hybridized carbons (Fsp3) is 0.188. The van der Waals surface area contributed by atoms with Crippen LogP contribution in [0, 0.1) is 5.82 Å². The molecule has 0 saturated carbocycles. The van der Waals surface area contributed by atoms with Crippen LogP contribution in [0.25, 0.3) is 0 Å². The molecular weight excluding hydrogens is 325 g/mol. The molecule has 0 aliphatic carbocycles. The lowest BCUT2D eigenvalue weighted by Crippen LogP contribution is -2.30. The Hall–Kier alpha value is -1.72. The van der Waals surface area contributed by atoms with Crippen molar-refractivity contribution < 1.29 is 13.9 Å². The highest BCUT2D eigenvalue weighted by Crippen LogP contribution is 2.19. The smallest absolute Gasteiger partial charge is 0.257 e. The van der Waals surface area contributed by atoms with Gasteiger partial charge in [0.25, 0.3) is 5.91 Å². The molecule has 0 spiro atoms. The largest absolute Gasteiger partial charge is 0.484 e. The number of amides is 1. The second-order valence-corrected chi connectivity index (χ2v) is 6.00. The normalized spacial score (nSPS) is 10.3. The minimum absolute atomic E-state index is 0.0861. The van der Waals surface area contributed by atoms with Gasteiger partial charge < -0.3 is 10.1 Å². The minimum atomic E-state index is -0.337. The van der Waals surface area contributed by atoms with Gasteiger partial charge >= 0.3 is 0 Å². The van der Waals surface area contributed by atoms with E-state index in [9.17, 15) is 9.18 Å². The lowest BCUT2D eigenvalue weighted by atomic mass is 10.3. The van der Waals surface area contributed by atoms with Crippen molar-refractivity contribution >= 4 is 29.3 Å². The van der Waals surface area contributed by atoms with E-state index >= 15 is 0 Å². The maximum atomic E-state index is 12.7. The van der Waals surface area contributed by atoms with Crippen LogP contribution in [0.4, 0.5) is 4.39 Å². The Labute approximate surface area is 137 Å². The number of ether oxygens (including phenoxy) is 1. The van der Waals surface area contributed by atoms with Gasteiger partial charge in [-0.15, -0.1) is 11.8 Å². The van der Waals surface area contributed by atoms with Crippen LogP contribution in [0.2, 0.25) is 5.02 Å². The summed E-state index contributed by atoms with van der Waals surface area (Å²) in [5.74, 6) is 0.674. The quantitative estimate of drug-likeness (QED) is 0.616. The molecule has 0 atom stereocenters. The van der Waals surface area contributed by atoms with Gasteiger partial charge in [-0.3, -0.25) is 4.79 Å². The molecule has 6 heteroatoms. The Morgan fingerprint density at radius 2 is 1.82 bits per heavy atom. The van der Waals surface area contributed by atoms with Crippen molar-refractivity contribution in [1.82, 2.24) is 5.32 Å². The number of hydrogen-bond donors (Lipinski definition) is 1. The maximum absolute atomic E-state index is 12.7. The van der Waals surface area contributed by atoms with E-state index in [0.717, 1.165) is 10.6 Å². The number of benzene rings is 2. The van der Waals surface area contributed by atoms with E-state index in [1.54, 1.807) is 11.8 Å². The average molecular weight is 340 g/mol. The molecule has 116 valence electrons. The zero-order chi connectivity index (χ0) is 15.8. The summed E-state index contributed by atoms with van der Waals surface area (Å²) in [5.41, 5.74) is 0. The van der Waals surface area contributed by atoms with Crippen LogP contribution in [0.15, 0.2) is 53.4 Å². The molecule has 1 N–H and O–H groups in total. The predicted molar refractivity (Wildman–Crippen MR) is 87.1 cm³/mol. The second-order valence-electron chi connectivity index (χ2n) is 4.39. The van der Waals surface area contributed by atoms with Crippen LogP contribution in [0.1, 0.15) is 0 Å². The number of hydrogen-bond acceptors (Lipinski definition) is 3. The molecule has 3 nitrogen and oxygen atoms in total. The predicted octanol–water partition coefficient (Wildman–Crippen LogP) is 3.77. The molecule has 0 aliphatic heterocycles. The summed E-state index contributed by atoms with van der Waals surface area (Å²) >= 11 is 7.44. The van der Waals surface area contributed by atoms with E-state index in [2.05, 4.69) is 5.32 Å². The third kappa shape index (κ3) is 5.95. The van der Waals surface area contributed by atoms with Gasteiger partial charge in [-0.25, -0.2) is 4.39 Å². The van der Waals surface area contributed by atoms with Crippen molar-refractivity contribution in [3.05, 3.63) is 59.4 Å². The van der Waals surface area contributed by atoms with Crippen LogP contribution < -0.4 is 10.1 Å². The average Bonchev–Trinajstić information content (AvgIpc) is 2.53. The monoisotopic (exact) mass is 339 g/mol. The Morgan fingerprint density at radius 3 is 2.50 bits per heavy atom. The van der Waals surface area contributed by atoms with Gasteiger partial charge in [0.05, 0.1) is 0 Å². The molecule has 0 fully saturated rings. The van der Waals surface area contributed by atoms with Gasteiger partial charge in [0.15, 0.2) is 6.61 Å². The Balaban J connectivity index is 1.61. The lowest BCUT2D eigenvalue weighted by molar-refractivity contribution is -0.122. The van der Waals surface area contributed by atoms with Gasteiger partial charge in [0.2, 0.25) is 0 Å². The molecule has 0 bridgehead atoms. The number of rotatable bonds is 7. The zero-order valence-electron chi connectivity index (χ0n) is 11.7. The van der Waals surface area contributed by atoms with Crippen LogP contribution in [0.5, 0.6) is 5.75 Å². The summed E-state index contributed by atoms with van der Waals surface area (Å²) < 4.78 is 18.0. The molecule has 2 rings (SSSR count). The van der Waals surface area contributed by atoms with E-state index in [1.165, 1.54) is 24.3 Å². The van der Waals surface area contributed by atoms with Crippen molar-refractivity contribution in [3.63, 3.8) is 0 Å². The van der Waals surface area contributed by atoms with E-state index in [0.29, 0.717) is 17.3 Å². The molecule has 0 aliphatic rings. The fourth-order valence-electron chi connectivity index (χ4n) is 1.62. The molecule has 0 unspecified atom stereocenters. The van der Waals surface area contributed by atoms with Gasteiger partial charge in [0, 0.05) is 22.2 Å². The molecule has 22 heavy (non-hydrogen) atoms. The molecule has 0 aromatic heterocycles. The summed E-state index contributed by atoms with van der Waals surface area (Å²) in [6, 6.07) is 13.1. The number of carbonyl (C=O) groups is 1. The topological polar surface area (TPSA) is 38.3 Å². The highest BCUT2D eigenvalue weighted by atomic mass is 35.5. The molecule has 2 aromatic rings. The number of halogens is 2. The first-order chi connectivity index (χ1) is 10.6. The van der Waals surface area contributed by atoms with E-state index in [-0.39, 0.29) is 18.3 Å². The zero-order valence-corrected chi connectivity index (χ0v) is 13.3. The van der Waals surface area contributed by atoms with E-state index in [4.69, 9.17) is 16.3 Å². The summed E-state index contributed by atoms with van der Waals surface area (Å²) in [6.45, 7) is 0.455. The van der Waals surface area contributed by atoms with Gasteiger partial charge in [-0.2, -0.15) is 0 Å². The number of carbonyl (C=O) groups excluding carboxylic acids is 1. The Kier molecular flexibility index (Phi) is 6.55. The summed E-state index contributed by atoms with van der Waals surface area (Å²) in [7, 11) is 0. The van der Waals surface area contributed by atoms with Crippen molar-refractivity contribution in [3.8, 4) is 5.75 Å². The van der Waals surface area contributed by atoms with Crippen molar-refractivity contribution in [1.29, 1.82) is 0 Å². The summed E-state index contributed by atoms with van der Waals surface area (Å²) in [6.07, 6.45) is 0. The SMILES string of the molecule is O=C(COc1ccc(F)cc1)NCCSc1ccc(Cl)cc1. The second kappa shape index (κ2) is 8.66. The third-order valence-corrected chi connectivity index (χ3v) is 3.96. The fourth-order valence-corrected chi connectivity index (χ4v) is 2.52. The van der Waals surface area contributed by atoms with Crippen LogP contribution >= 0.6 is 23.4 Å². The Bertz CT molecular complexity index is 605. The summed E-state index contributed by atoms with van der Waals surface area (Å²) in [4.78, 5) is 12.7. The number of thioether (sulfide) groups is 1. The highest BCUT2D eigenvalue weighted by Gasteiger charge is 2.03. The first-order valence-corrected chi connectivity index (χ1v) is 8.03. The summed E-state index contributed by atoms with van der Waals surface area (Å²) in [5, 5.41) is 3.47. The maximum Gasteiger partial charge on any atom is 0.257 e. The van der Waals surface area contributed by atoms with Gasteiger partial charge in [-0.1, -0.05) is 11.6 Å². The molecule has 1 amide bonds. The van der Waals surface area contributed by atoms with Crippen LogP contribution in [-0.4, -0.2) is 24.8 Å². The van der Waals surface area contributed by atoms with Crippen LogP contribution in [-0.2, 0) is 4.79 Å². The van der Waals surface area contributed by atoms with Crippen LogP contribution in [0.3, 0.4) is 0 Å². The van der Waals surface area contributed by atoms with E-state index in [1.807, 2.05) is 24.3 Å². The van der Waals surface area contributed by atoms with Crippen molar-refractivity contribution in [2.24, 2.45) is 0 Å². The lowest BCUT2D eigenvalue weighted by Gasteiger charge is -2.07. The highest BCUT2D eigenvalue weighted by molar-refractivity contribution is 7.99. The van der Waals surface area contributed by atoms with Crippen molar-refractivity contribution in [2.45, 2.75) is 4.90 Å². The minimum Gasteiger partial charge on any atom is -0.484 e. The standard InChI is InChI=1S/C16H15ClFNO2S/c17-12-1-7-15(8-2-12)22-10-9-19-16(20)11-21-14-5-3-13(18)4-6-14/h1-8H,9-11H2,(H,19,20). The van der Waals surface area contributed by atoms with Gasteiger partial charge in [-0.05, 0) is 48.5 Å². The van der Waals surface area contributed by atoms with Gasteiger partial charge in [0.1, 0.15) is 11.6 Å². The molecule has 0 radical (unpaired) electrons. The molecular formula is C16H15ClFNO2S. The Morgan fingerprint density at radius 1 is 1.14 bits per heavy atom. The molecule has 0 heterocycles. The third-order valence-electron chi connectivity index (χ3n) is 2.69. The number of nitrogens with one attached hydrogen (secondary N) is 1. The van der Waals surface area contributed by atoms with Crippen molar-refractivity contribution in [2.75, 3.05) is 18.9 Å². The first-order valence-electron chi connectivity index (χ1n) is 6.67.